The van der Waals surface area contributed by atoms with E-state index in [1.54, 1.807) is 12.1 Å². The molecule has 0 aliphatic rings. The lowest BCUT2D eigenvalue weighted by molar-refractivity contribution is 0.457. The van der Waals surface area contributed by atoms with Gasteiger partial charge in [0.1, 0.15) is 11.5 Å². The summed E-state index contributed by atoms with van der Waals surface area (Å²) in [7, 11) is 0. The fourth-order valence-corrected chi connectivity index (χ4v) is 3.71. The molecule has 0 atom stereocenters. The third kappa shape index (κ3) is 4.81. The Labute approximate surface area is 158 Å². The minimum Gasteiger partial charge on any atom is -0.508 e. The lowest BCUT2D eigenvalue weighted by atomic mass is 9.72. The molecule has 142 valence electrons. The summed E-state index contributed by atoms with van der Waals surface area (Å²) in [5.41, 5.74) is 4.15. The van der Waals surface area contributed by atoms with Crippen molar-refractivity contribution < 1.29 is 10.2 Å². The second kappa shape index (κ2) is 9.12. The molecule has 0 saturated carbocycles. The van der Waals surface area contributed by atoms with E-state index in [0.29, 0.717) is 11.5 Å². The van der Waals surface area contributed by atoms with Crippen LogP contribution in [0, 0.1) is 13.8 Å². The van der Waals surface area contributed by atoms with Gasteiger partial charge in [0.2, 0.25) is 0 Å². The second-order valence-electron chi connectivity index (χ2n) is 7.85. The molecule has 0 fully saturated rings. The first-order valence-corrected chi connectivity index (χ1v) is 9.98. The number of aromatic hydroxyl groups is 2. The molecule has 0 aliphatic carbocycles. The van der Waals surface area contributed by atoms with E-state index in [1.165, 1.54) is 49.7 Å². The molecule has 0 saturated heterocycles. The quantitative estimate of drug-likeness (QED) is 0.488. The maximum Gasteiger partial charge on any atom is 0.118 e. The molecule has 2 N–H and O–H groups in total. The third-order valence-electron chi connectivity index (χ3n) is 5.70. The summed E-state index contributed by atoms with van der Waals surface area (Å²) in [6.07, 6.45) is 8.72. The monoisotopic (exact) mass is 354 g/mol. The highest BCUT2D eigenvalue weighted by Crippen LogP contribution is 2.39. The summed E-state index contributed by atoms with van der Waals surface area (Å²) in [5.74, 6) is 0.690. The minimum absolute atomic E-state index is 0.123. The van der Waals surface area contributed by atoms with Gasteiger partial charge in [-0.25, -0.2) is 0 Å². The molecule has 0 spiro atoms. The summed E-state index contributed by atoms with van der Waals surface area (Å²) < 4.78 is 0. The number of rotatable bonds is 9. The van der Waals surface area contributed by atoms with Crippen LogP contribution in [0.4, 0.5) is 0 Å². The van der Waals surface area contributed by atoms with Crippen molar-refractivity contribution in [2.24, 2.45) is 0 Å². The topological polar surface area (TPSA) is 40.5 Å². The predicted molar refractivity (Wildman–Crippen MR) is 110 cm³/mol. The van der Waals surface area contributed by atoms with Gasteiger partial charge in [-0.05, 0) is 54.7 Å². The molecule has 0 aromatic heterocycles. The zero-order valence-corrected chi connectivity index (χ0v) is 16.8. The molecule has 2 aromatic rings. The van der Waals surface area contributed by atoms with Crippen LogP contribution in [-0.4, -0.2) is 10.2 Å². The van der Waals surface area contributed by atoms with Crippen LogP contribution in [0.2, 0.25) is 0 Å². The van der Waals surface area contributed by atoms with Crippen molar-refractivity contribution in [1.29, 1.82) is 0 Å². The van der Waals surface area contributed by atoms with E-state index in [-0.39, 0.29) is 5.41 Å². The molecule has 0 radical (unpaired) electrons. The van der Waals surface area contributed by atoms with Crippen molar-refractivity contribution in [3.8, 4) is 11.5 Å². The Morgan fingerprint density at radius 2 is 1.19 bits per heavy atom. The molecule has 2 rings (SSSR count). The van der Waals surface area contributed by atoms with Crippen LogP contribution in [0.1, 0.15) is 81.0 Å². The Kier molecular flexibility index (Phi) is 7.14. The van der Waals surface area contributed by atoms with Gasteiger partial charge in [-0.15, -0.1) is 0 Å². The largest absolute Gasteiger partial charge is 0.508 e. The highest BCUT2D eigenvalue weighted by molar-refractivity contribution is 5.46. The van der Waals surface area contributed by atoms with E-state index in [2.05, 4.69) is 26.0 Å². The molecule has 26 heavy (non-hydrogen) atoms. The molecule has 0 unspecified atom stereocenters. The number of hydrogen-bond donors (Lipinski definition) is 2. The SMILES string of the molecule is CCCCCCCCC(C)(c1ccc(O)c(C)c1)c1ccc(O)c(C)c1. The van der Waals surface area contributed by atoms with Crippen LogP contribution < -0.4 is 0 Å². The van der Waals surface area contributed by atoms with Crippen LogP contribution >= 0.6 is 0 Å². The predicted octanol–water partition coefficient (Wildman–Crippen LogP) is 6.77. The maximum absolute atomic E-state index is 9.92. The van der Waals surface area contributed by atoms with Gasteiger partial charge in [0, 0.05) is 5.41 Å². The molecule has 2 heteroatoms. The van der Waals surface area contributed by atoms with E-state index in [0.717, 1.165) is 17.5 Å². The van der Waals surface area contributed by atoms with Crippen molar-refractivity contribution in [2.75, 3.05) is 0 Å². The van der Waals surface area contributed by atoms with Crippen LogP contribution in [-0.2, 0) is 5.41 Å². The van der Waals surface area contributed by atoms with Crippen molar-refractivity contribution in [1.82, 2.24) is 0 Å². The van der Waals surface area contributed by atoms with Crippen molar-refractivity contribution in [2.45, 2.75) is 78.1 Å². The zero-order chi connectivity index (χ0) is 19.2. The average Bonchev–Trinajstić information content (AvgIpc) is 2.62. The molecular weight excluding hydrogens is 320 g/mol. The highest BCUT2D eigenvalue weighted by Gasteiger charge is 2.29. The van der Waals surface area contributed by atoms with E-state index < -0.39 is 0 Å². The smallest absolute Gasteiger partial charge is 0.118 e. The first-order chi connectivity index (χ1) is 12.4. The van der Waals surface area contributed by atoms with E-state index in [9.17, 15) is 10.2 Å². The number of aryl methyl sites for hydroxylation is 2. The van der Waals surface area contributed by atoms with E-state index in [1.807, 2.05) is 26.0 Å². The van der Waals surface area contributed by atoms with Crippen molar-refractivity contribution >= 4 is 0 Å². The maximum atomic E-state index is 9.92. The Hall–Kier alpha value is -1.96. The molecular formula is C24H34O2. The normalized spacial score (nSPS) is 11.7. The summed E-state index contributed by atoms with van der Waals surface area (Å²) in [5, 5.41) is 19.8. The van der Waals surface area contributed by atoms with Gasteiger partial charge in [-0.1, -0.05) is 76.6 Å². The molecule has 2 nitrogen and oxygen atoms in total. The van der Waals surface area contributed by atoms with Gasteiger partial charge >= 0.3 is 0 Å². The number of phenolic OH excluding ortho intramolecular Hbond substituents is 2. The fraction of sp³-hybridized carbons (Fsp3) is 0.500. The summed E-state index contributed by atoms with van der Waals surface area (Å²) in [4.78, 5) is 0. The first-order valence-electron chi connectivity index (χ1n) is 9.98. The van der Waals surface area contributed by atoms with Gasteiger partial charge < -0.3 is 10.2 Å². The second-order valence-corrected chi connectivity index (χ2v) is 7.85. The number of unbranched alkanes of at least 4 members (excludes halogenated alkanes) is 5. The third-order valence-corrected chi connectivity index (χ3v) is 5.70. The Bertz CT molecular complexity index is 667. The van der Waals surface area contributed by atoms with Crippen LogP contribution in [0.25, 0.3) is 0 Å². The van der Waals surface area contributed by atoms with Crippen LogP contribution in [0.3, 0.4) is 0 Å². The number of hydrogen-bond acceptors (Lipinski definition) is 2. The molecule has 0 bridgehead atoms. The molecule has 0 heterocycles. The summed E-state index contributed by atoms with van der Waals surface area (Å²) in [6, 6.07) is 11.9. The Morgan fingerprint density at radius 3 is 1.65 bits per heavy atom. The molecule has 0 aliphatic heterocycles. The molecule has 0 amide bonds. The lowest BCUT2D eigenvalue weighted by Crippen LogP contribution is -2.24. The van der Waals surface area contributed by atoms with Crippen LogP contribution in [0.15, 0.2) is 36.4 Å². The number of benzene rings is 2. The van der Waals surface area contributed by atoms with Gasteiger partial charge in [0.15, 0.2) is 0 Å². The van der Waals surface area contributed by atoms with E-state index >= 15 is 0 Å². The molecule has 2 aromatic carbocycles. The fourth-order valence-electron chi connectivity index (χ4n) is 3.71. The Morgan fingerprint density at radius 1 is 0.731 bits per heavy atom. The van der Waals surface area contributed by atoms with Gasteiger partial charge in [-0.3, -0.25) is 0 Å². The lowest BCUT2D eigenvalue weighted by Gasteiger charge is -2.32. The standard InChI is InChI=1S/C24H34O2/c1-5-6-7-8-9-10-15-24(4,20-11-13-22(25)18(2)16-20)21-12-14-23(26)19(3)17-21/h11-14,16-17,25-26H,5-10,15H2,1-4H3. The van der Waals surface area contributed by atoms with E-state index in [4.69, 9.17) is 0 Å². The van der Waals surface area contributed by atoms with Crippen molar-refractivity contribution in [3.05, 3.63) is 58.7 Å². The first kappa shape index (κ1) is 20.4. The highest BCUT2D eigenvalue weighted by atomic mass is 16.3. The summed E-state index contributed by atoms with van der Waals surface area (Å²) >= 11 is 0. The average molecular weight is 355 g/mol. The Balaban J connectivity index is 2.27. The van der Waals surface area contributed by atoms with Gasteiger partial charge in [-0.2, -0.15) is 0 Å². The zero-order valence-electron chi connectivity index (χ0n) is 16.8. The van der Waals surface area contributed by atoms with Crippen molar-refractivity contribution in [3.63, 3.8) is 0 Å². The van der Waals surface area contributed by atoms with Gasteiger partial charge in [0.25, 0.3) is 0 Å². The van der Waals surface area contributed by atoms with Crippen LogP contribution in [0.5, 0.6) is 11.5 Å². The number of phenols is 2. The van der Waals surface area contributed by atoms with Gasteiger partial charge in [0.05, 0.1) is 0 Å². The summed E-state index contributed by atoms with van der Waals surface area (Å²) in [6.45, 7) is 8.44. The minimum atomic E-state index is -0.123.